The second-order valence-corrected chi connectivity index (χ2v) is 6.20. The third-order valence-corrected chi connectivity index (χ3v) is 3.41. The van der Waals surface area contributed by atoms with E-state index in [-0.39, 0.29) is 23.4 Å². The minimum Gasteiger partial charge on any atom is -0.497 e. The van der Waals surface area contributed by atoms with Gasteiger partial charge in [-0.3, -0.25) is 4.90 Å². The molecule has 0 N–H and O–H groups in total. The molecule has 1 unspecified atom stereocenters. The van der Waals surface area contributed by atoms with E-state index in [1.165, 1.54) is 26.4 Å². The van der Waals surface area contributed by atoms with Crippen LogP contribution in [0.25, 0.3) is 0 Å². The number of amides is 1. The number of hydrogen-bond donors (Lipinski definition) is 0. The van der Waals surface area contributed by atoms with Gasteiger partial charge in [-0.15, -0.1) is 0 Å². The molecular formula is C16H20FNO5. The summed E-state index contributed by atoms with van der Waals surface area (Å²) in [4.78, 5) is 25.6. The summed E-state index contributed by atoms with van der Waals surface area (Å²) in [6.07, 6.45) is -0.712. The molecular weight excluding hydrogens is 305 g/mol. The van der Waals surface area contributed by atoms with Crippen LogP contribution in [0.4, 0.5) is 14.9 Å². The zero-order valence-electron chi connectivity index (χ0n) is 13.8. The van der Waals surface area contributed by atoms with Crippen molar-refractivity contribution < 1.29 is 28.2 Å². The van der Waals surface area contributed by atoms with Crippen LogP contribution >= 0.6 is 0 Å². The number of carbonyl (C=O) groups excluding carboxylic acids is 2. The standard InChI is InChI=1S/C16H20FNO5/c1-16(2,3)23-15(20)18-12-7-9(21-4)6-11(17)10(12)8-13(18)14(19)22-5/h6-7,13H,8H2,1-5H3. The van der Waals surface area contributed by atoms with Crippen LogP contribution in [-0.2, 0) is 20.7 Å². The molecule has 1 aromatic carbocycles. The molecule has 0 aromatic heterocycles. The first-order valence-corrected chi connectivity index (χ1v) is 7.14. The first-order chi connectivity index (χ1) is 10.7. The Bertz CT molecular complexity index is 638. The van der Waals surface area contributed by atoms with E-state index in [9.17, 15) is 14.0 Å². The minimum atomic E-state index is -0.966. The van der Waals surface area contributed by atoms with Crippen molar-refractivity contribution in [2.75, 3.05) is 19.1 Å². The molecule has 1 heterocycles. The summed E-state index contributed by atoms with van der Waals surface area (Å²) in [5.41, 5.74) is -0.240. The van der Waals surface area contributed by atoms with Gasteiger partial charge in [0.05, 0.1) is 19.9 Å². The van der Waals surface area contributed by atoms with Crippen LogP contribution in [0.15, 0.2) is 12.1 Å². The van der Waals surface area contributed by atoms with Crippen molar-refractivity contribution in [3.05, 3.63) is 23.5 Å². The Morgan fingerprint density at radius 1 is 1.26 bits per heavy atom. The van der Waals surface area contributed by atoms with E-state index in [2.05, 4.69) is 0 Å². The molecule has 0 saturated heterocycles. The number of rotatable bonds is 2. The van der Waals surface area contributed by atoms with E-state index >= 15 is 0 Å². The number of hydrogen-bond acceptors (Lipinski definition) is 5. The van der Waals surface area contributed by atoms with Crippen molar-refractivity contribution in [1.82, 2.24) is 0 Å². The van der Waals surface area contributed by atoms with Gasteiger partial charge in [0.15, 0.2) is 0 Å². The number of carbonyl (C=O) groups is 2. The molecule has 2 rings (SSSR count). The van der Waals surface area contributed by atoms with Gasteiger partial charge in [0.25, 0.3) is 0 Å². The summed E-state index contributed by atoms with van der Waals surface area (Å²) >= 11 is 0. The van der Waals surface area contributed by atoms with Crippen LogP contribution < -0.4 is 9.64 Å². The average molecular weight is 325 g/mol. The molecule has 0 saturated carbocycles. The highest BCUT2D eigenvalue weighted by atomic mass is 19.1. The maximum absolute atomic E-state index is 14.2. The first kappa shape index (κ1) is 17.1. The molecule has 0 spiro atoms. The Kier molecular flexibility index (Phi) is 4.49. The molecule has 1 aromatic rings. The molecule has 126 valence electrons. The van der Waals surface area contributed by atoms with Gasteiger partial charge >= 0.3 is 12.1 Å². The van der Waals surface area contributed by atoms with Crippen molar-refractivity contribution in [2.45, 2.75) is 38.8 Å². The number of nitrogens with zero attached hydrogens (tertiary/aromatic N) is 1. The van der Waals surface area contributed by atoms with Gasteiger partial charge in [0, 0.05) is 24.1 Å². The smallest absolute Gasteiger partial charge is 0.415 e. The number of esters is 1. The minimum absolute atomic E-state index is 0.0249. The fourth-order valence-corrected chi connectivity index (χ4v) is 2.45. The molecule has 0 bridgehead atoms. The van der Waals surface area contributed by atoms with E-state index in [0.717, 1.165) is 4.90 Å². The van der Waals surface area contributed by atoms with Gasteiger partial charge in [-0.25, -0.2) is 14.0 Å². The molecule has 1 aliphatic rings. The molecule has 7 heteroatoms. The summed E-state index contributed by atoms with van der Waals surface area (Å²) in [5, 5.41) is 0. The number of ether oxygens (including phenoxy) is 3. The maximum atomic E-state index is 14.2. The van der Waals surface area contributed by atoms with Crippen LogP contribution in [0.2, 0.25) is 0 Å². The van der Waals surface area contributed by atoms with Crippen LogP contribution in [0.5, 0.6) is 5.75 Å². The van der Waals surface area contributed by atoms with Crippen LogP contribution in [0.1, 0.15) is 26.3 Å². The SMILES string of the molecule is COC(=O)C1Cc2c(F)cc(OC)cc2N1C(=O)OC(C)(C)C. The predicted octanol–water partition coefficient (Wildman–Crippen LogP) is 2.67. The summed E-state index contributed by atoms with van der Waals surface area (Å²) < 4.78 is 29.3. The fourth-order valence-electron chi connectivity index (χ4n) is 2.45. The van der Waals surface area contributed by atoms with Gasteiger partial charge in [0.1, 0.15) is 23.2 Å². The molecule has 1 amide bonds. The van der Waals surface area contributed by atoms with Gasteiger partial charge < -0.3 is 14.2 Å². The summed E-state index contributed by atoms with van der Waals surface area (Å²) in [5.74, 6) is -0.926. The van der Waals surface area contributed by atoms with Crippen molar-refractivity contribution in [2.24, 2.45) is 0 Å². The van der Waals surface area contributed by atoms with Gasteiger partial charge in [-0.2, -0.15) is 0 Å². The van der Waals surface area contributed by atoms with E-state index in [1.807, 2.05) is 0 Å². The molecule has 0 radical (unpaired) electrons. The van der Waals surface area contributed by atoms with E-state index in [4.69, 9.17) is 14.2 Å². The summed E-state index contributed by atoms with van der Waals surface area (Å²) in [6, 6.07) is 1.75. The quantitative estimate of drug-likeness (QED) is 0.782. The third kappa shape index (κ3) is 3.38. The zero-order chi connectivity index (χ0) is 17.4. The molecule has 6 nitrogen and oxygen atoms in total. The Morgan fingerprint density at radius 3 is 2.43 bits per heavy atom. The fraction of sp³-hybridized carbons (Fsp3) is 0.500. The molecule has 0 aliphatic carbocycles. The topological polar surface area (TPSA) is 65.1 Å². The highest BCUT2D eigenvalue weighted by Gasteiger charge is 2.43. The molecule has 23 heavy (non-hydrogen) atoms. The summed E-state index contributed by atoms with van der Waals surface area (Å²) in [6.45, 7) is 5.13. The highest BCUT2D eigenvalue weighted by molar-refractivity contribution is 5.99. The Balaban J connectivity index is 2.49. The second kappa shape index (κ2) is 6.06. The zero-order valence-corrected chi connectivity index (χ0v) is 13.8. The lowest BCUT2D eigenvalue weighted by Gasteiger charge is -2.28. The average Bonchev–Trinajstić information content (AvgIpc) is 2.84. The van der Waals surface area contributed by atoms with E-state index < -0.39 is 29.5 Å². The third-order valence-electron chi connectivity index (χ3n) is 3.41. The Morgan fingerprint density at radius 2 is 1.91 bits per heavy atom. The monoisotopic (exact) mass is 325 g/mol. The van der Waals surface area contributed by atoms with Crippen molar-refractivity contribution >= 4 is 17.7 Å². The Hall–Kier alpha value is -2.31. The van der Waals surface area contributed by atoms with Crippen molar-refractivity contribution in [3.8, 4) is 5.75 Å². The number of halogens is 1. The highest BCUT2D eigenvalue weighted by Crippen LogP contribution is 2.38. The van der Waals surface area contributed by atoms with Crippen LogP contribution in [0, 0.1) is 5.82 Å². The van der Waals surface area contributed by atoms with E-state index in [1.54, 1.807) is 20.8 Å². The largest absolute Gasteiger partial charge is 0.497 e. The maximum Gasteiger partial charge on any atom is 0.415 e. The Labute approximate surface area is 134 Å². The van der Waals surface area contributed by atoms with Crippen LogP contribution in [-0.4, -0.2) is 37.9 Å². The normalized spacial score (nSPS) is 16.8. The number of fused-ring (bicyclic) bond motifs is 1. The van der Waals surface area contributed by atoms with Crippen molar-refractivity contribution in [3.63, 3.8) is 0 Å². The predicted molar refractivity (Wildman–Crippen MR) is 81.2 cm³/mol. The first-order valence-electron chi connectivity index (χ1n) is 7.14. The summed E-state index contributed by atoms with van der Waals surface area (Å²) in [7, 11) is 2.61. The lowest BCUT2D eigenvalue weighted by Crippen LogP contribution is -2.45. The van der Waals surface area contributed by atoms with Gasteiger partial charge in [-0.1, -0.05) is 0 Å². The van der Waals surface area contributed by atoms with E-state index in [0.29, 0.717) is 0 Å². The molecule has 0 fully saturated rings. The second-order valence-electron chi connectivity index (χ2n) is 6.20. The lowest BCUT2D eigenvalue weighted by atomic mass is 10.1. The molecule has 1 aliphatic heterocycles. The lowest BCUT2D eigenvalue weighted by molar-refractivity contribution is -0.142. The van der Waals surface area contributed by atoms with Gasteiger partial charge in [0.2, 0.25) is 0 Å². The number of methoxy groups -OCH3 is 2. The van der Waals surface area contributed by atoms with Gasteiger partial charge in [-0.05, 0) is 20.8 Å². The van der Waals surface area contributed by atoms with Crippen LogP contribution in [0.3, 0.4) is 0 Å². The van der Waals surface area contributed by atoms with Crippen molar-refractivity contribution in [1.29, 1.82) is 0 Å². The molecule has 1 atom stereocenters. The number of benzene rings is 1. The number of anilines is 1.